The minimum Gasteiger partial charge on any atom is -0.373 e. The molecule has 248 valence electrons. The number of hydrogen-bond acceptors (Lipinski definition) is 2. The number of halogens is 9. The van der Waals surface area contributed by atoms with Gasteiger partial charge >= 0.3 is 6.11 Å². The van der Waals surface area contributed by atoms with Crippen molar-refractivity contribution in [3.05, 3.63) is 100 Å². The third kappa shape index (κ3) is 7.46. The second-order valence-electron chi connectivity index (χ2n) is 12.0. The summed E-state index contributed by atoms with van der Waals surface area (Å²) in [5.74, 6) is -8.89. The second kappa shape index (κ2) is 14.2. The van der Waals surface area contributed by atoms with Gasteiger partial charge in [0.2, 0.25) is 0 Å². The lowest BCUT2D eigenvalue weighted by Crippen LogP contribution is -2.34. The Morgan fingerprint density at radius 1 is 0.761 bits per heavy atom. The van der Waals surface area contributed by atoms with Gasteiger partial charge in [-0.2, -0.15) is 8.78 Å². The van der Waals surface area contributed by atoms with Crippen LogP contribution in [0, 0.1) is 40.9 Å². The maximum atomic E-state index is 15.1. The summed E-state index contributed by atoms with van der Waals surface area (Å²) in [6, 6.07) is 8.44. The Bertz CT molecular complexity index is 1510. The first-order chi connectivity index (χ1) is 21.9. The second-order valence-corrected chi connectivity index (χ2v) is 12.0. The first-order valence-corrected chi connectivity index (χ1v) is 15.3. The number of benzene rings is 3. The molecule has 2 unspecified atom stereocenters. The molecule has 3 aromatic rings. The van der Waals surface area contributed by atoms with E-state index in [4.69, 9.17) is 9.47 Å². The van der Waals surface area contributed by atoms with Gasteiger partial charge in [0.1, 0.15) is 23.0 Å². The lowest BCUT2D eigenvalue weighted by Gasteiger charge is -2.38. The average molecular weight is 657 g/mol. The standard InChI is InChI=1S/C35H33F9O2/c1-2-3-26(36)33(41)21-6-4-20(5-7-21)23-14-27(37)32(28(38)15-23)35(43,44)46-25-11-8-19(9-12-25)22-10-13-31(45-18-22)24-16-29(39)34(42)30(40)17-24/h4-7,14-17,19,22,25,31H,2-3,8-13,18H2,1H3. The number of hydrogen-bond donors (Lipinski definition) is 0. The molecule has 0 amide bonds. The maximum Gasteiger partial charge on any atom is 0.389 e. The van der Waals surface area contributed by atoms with Crippen LogP contribution in [0.2, 0.25) is 0 Å². The van der Waals surface area contributed by atoms with Crippen LogP contribution in [0.25, 0.3) is 17.0 Å². The van der Waals surface area contributed by atoms with E-state index in [2.05, 4.69) is 0 Å². The Labute approximate surface area is 261 Å². The smallest absolute Gasteiger partial charge is 0.373 e. The molecular weight excluding hydrogens is 623 g/mol. The highest BCUT2D eigenvalue weighted by molar-refractivity contribution is 5.69. The molecule has 0 aromatic heterocycles. The summed E-state index contributed by atoms with van der Waals surface area (Å²) in [4.78, 5) is 0. The Morgan fingerprint density at radius 2 is 1.35 bits per heavy atom. The zero-order valence-electron chi connectivity index (χ0n) is 25.0. The topological polar surface area (TPSA) is 18.5 Å². The highest BCUT2D eigenvalue weighted by atomic mass is 19.3. The van der Waals surface area contributed by atoms with Gasteiger partial charge in [-0.1, -0.05) is 31.2 Å². The molecule has 3 aromatic carbocycles. The van der Waals surface area contributed by atoms with Crippen molar-refractivity contribution in [1.29, 1.82) is 0 Å². The van der Waals surface area contributed by atoms with E-state index in [1.807, 2.05) is 0 Å². The first kappa shape index (κ1) is 34.0. The van der Waals surface area contributed by atoms with Crippen LogP contribution in [0.3, 0.4) is 0 Å². The van der Waals surface area contributed by atoms with E-state index in [9.17, 15) is 30.7 Å². The molecule has 1 aliphatic heterocycles. The van der Waals surface area contributed by atoms with Crippen molar-refractivity contribution in [2.45, 2.75) is 76.6 Å². The third-order valence-corrected chi connectivity index (χ3v) is 8.90. The van der Waals surface area contributed by atoms with E-state index in [0.717, 1.165) is 24.3 Å². The van der Waals surface area contributed by atoms with Crippen molar-refractivity contribution in [3.8, 4) is 11.1 Å². The summed E-state index contributed by atoms with van der Waals surface area (Å²) in [6.07, 6.45) is -2.87. The normalized spacial score (nSPS) is 22.9. The van der Waals surface area contributed by atoms with Crippen molar-refractivity contribution in [3.63, 3.8) is 0 Å². The highest BCUT2D eigenvalue weighted by Gasteiger charge is 2.43. The van der Waals surface area contributed by atoms with Crippen LogP contribution in [0.15, 0.2) is 54.4 Å². The molecular formula is C35H33F9O2. The number of allylic oxidation sites excluding steroid dienone is 1. The van der Waals surface area contributed by atoms with Gasteiger partial charge in [-0.15, -0.1) is 0 Å². The van der Waals surface area contributed by atoms with Gasteiger partial charge in [0.25, 0.3) is 0 Å². The summed E-state index contributed by atoms with van der Waals surface area (Å²) in [6.45, 7) is 1.98. The molecule has 2 fully saturated rings. The SMILES string of the molecule is CCCC(F)=C(F)c1ccc(-c2cc(F)c(C(F)(F)OC3CCC(C4CCC(c5cc(F)c(F)c(F)c5)OC4)CC3)c(F)c2)cc1. The molecule has 11 heteroatoms. The van der Waals surface area contributed by atoms with Gasteiger partial charge in [0, 0.05) is 12.0 Å². The Morgan fingerprint density at radius 3 is 1.89 bits per heavy atom. The first-order valence-electron chi connectivity index (χ1n) is 15.3. The number of alkyl halides is 2. The van der Waals surface area contributed by atoms with Crippen LogP contribution in [0.4, 0.5) is 39.5 Å². The molecule has 1 aliphatic carbocycles. The Hall–Kier alpha value is -3.31. The minimum atomic E-state index is -4.25. The summed E-state index contributed by atoms with van der Waals surface area (Å²) in [5, 5.41) is 0. The average Bonchev–Trinajstić information content (AvgIpc) is 3.03. The molecule has 0 spiro atoms. The zero-order chi connectivity index (χ0) is 33.2. The summed E-state index contributed by atoms with van der Waals surface area (Å²) < 4.78 is 140. The van der Waals surface area contributed by atoms with Crippen molar-refractivity contribution in [1.82, 2.24) is 0 Å². The monoisotopic (exact) mass is 656 g/mol. The predicted molar refractivity (Wildman–Crippen MR) is 154 cm³/mol. The van der Waals surface area contributed by atoms with Crippen molar-refractivity contribution in [2.75, 3.05) is 6.61 Å². The highest BCUT2D eigenvalue weighted by Crippen LogP contribution is 2.43. The molecule has 2 atom stereocenters. The van der Waals surface area contributed by atoms with Gasteiger partial charge in [0.15, 0.2) is 23.3 Å². The Balaban J connectivity index is 1.17. The predicted octanol–water partition coefficient (Wildman–Crippen LogP) is 11.2. The molecule has 1 saturated heterocycles. The van der Waals surface area contributed by atoms with Crippen molar-refractivity contribution >= 4 is 5.83 Å². The molecule has 2 nitrogen and oxygen atoms in total. The van der Waals surface area contributed by atoms with E-state index in [-0.39, 0.29) is 60.0 Å². The van der Waals surface area contributed by atoms with Crippen LogP contribution in [0.5, 0.6) is 0 Å². The molecule has 0 bridgehead atoms. The fourth-order valence-electron chi connectivity index (χ4n) is 6.43. The molecule has 0 radical (unpaired) electrons. The van der Waals surface area contributed by atoms with Gasteiger partial charge in [-0.3, -0.25) is 0 Å². The maximum absolute atomic E-state index is 15.1. The summed E-state index contributed by atoms with van der Waals surface area (Å²) >= 11 is 0. The van der Waals surface area contributed by atoms with Crippen LogP contribution in [0.1, 0.15) is 81.1 Å². The minimum absolute atomic E-state index is 0.0551. The van der Waals surface area contributed by atoms with E-state index < -0.39 is 64.6 Å². The van der Waals surface area contributed by atoms with Crippen LogP contribution in [-0.2, 0) is 15.6 Å². The molecule has 1 saturated carbocycles. The van der Waals surface area contributed by atoms with Crippen LogP contribution >= 0.6 is 0 Å². The zero-order valence-corrected chi connectivity index (χ0v) is 25.0. The van der Waals surface area contributed by atoms with E-state index in [1.54, 1.807) is 6.92 Å². The van der Waals surface area contributed by atoms with Gasteiger partial charge in [0.05, 0.1) is 18.8 Å². The van der Waals surface area contributed by atoms with Crippen LogP contribution < -0.4 is 0 Å². The molecule has 46 heavy (non-hydrogen) atoms. The van der Waals surface area contributed by atoms with Crippen molar-refractivity contribution < 1.29 is 49.0 Å². The largest absolute Gasteiger partial charge is 0.389 e. The molecule has 5 rings (SSSR count). The van der Waals surface area contributed by atoms with E-state index >= 15 is 8.78 Å². The summed E-state index contributed by atoms with van der Waals surface area (Å²) in [5.41, 5.74) is -1.20. The lowest BCUT2D eigenvalue weighted by atomic mass is 9.76. The fraction of sp³-hybridized carbons (Fsp3) is 0.429. The quantitative estimate of drug-likeness (QED) is 0.169. The molecule has 0 N–H and O–H groups in total. The van der Waals surface area contributed by atoms with Crippen molar-refractivity contribution in [2.24, 2.45) is 11.8 Å². The summed E-state index contributed by atoms with van der Waals surface area (Å²) in [7, 11) is 0. The third-order valence-electron chi connectivity index (χ3n) is 8.90. The van der Waals surface area contributed by atoms with Gasteiger partial charge < -0.3 is 9.47 Å². The number of ether oxygens (including phenoxy) is 2. The van der Waals surface area contributed by atoms with Crippen LogP contribution in [-0.4, -0.2) is 12.7 Å². The van der Waals surface area contributed by atoms with Gasteiger partial charge in [-0.05, 0) is 97.7 Å². The van der Waals surface area contributed by atoms with E-state index in [0.29, 0.717) is 32.1 Å². The lowest BCUT2D eigenvalue weighted by molar-refractivity contribution is -0.281. The Kier molecular flexibility index (Phi) is 10.5. The number of rotatable bonds is 9. The fourth-order valence-corrected chi connectivity index (χ4v) is 6.43. The molecule has 1 heterocycles. The van der Waals surface area contributed by atoms with Gasteiger partial charge in [-0.25, -0.2) is 30.7 Å². The molecule has 2 aliphatic rings. The van der Waals surface area contributed by atoms with E-state index in [1.165, 1.54) is 24.3 Å².